The van der Waals surface area contributed by atoms with Crippen LogP contribution >= 0.6 is 0 Å². The molecule has 1 atom stereocenters. The van der Waals surface area contributed by atoms with Crippen molar-refractivity contribution >= 4 is 11.9 Å². The van der Waals surface area contributed by atoms with Crippen molar-refractivity contribution in [2.24, 2.45) is 0 Å². The highest BCUT2D eigenvalue weighted by Gasteiger charge is 2.35. The van der Waals surface area contributed by atoms with Gasteiger partial charge in [0.25, 0.3) is 5.56 Å². The molecule has 1 aromatic rings. The van der Waals surface area contributed by atoms with Gasteiger partial charge in [-0.1, -0.05) is 0 Å². The predicted molar refractivity (Wildman–Crippen MR) is 83.1 cm³/mol. The number of aromatic nitrogens is 2. The van der Waals surface area contributed by atoms with Gasteiger partial charge in [0, 0.05) is 32.1 Å². The quantitative estimate of drug-likeness (QED) is 0.789. The second kappa shape index (κ2) is 6.02. The minimum Gasteiger partial charge on any atom is -0.341 e. The van der Waals surface area contributed by atoms with Crippen LogP contribution < -0.4 is 10.9 Å². The van der Waals surface area contributed by atoms with Gasteiger partial charge >= 0.3 is 6.03 Å². The zero-order chi connectivity index (χ0) is 16.6. The zero-order valence-corrected chi connectivity index (χ0v) is 13.3. The number of nitrogens with zero attached hydrogens (tertiary/aromatic N) is 3. The molecule has 2 aliphatic rings. The predicted octanol–water partition coefficient (Wildman–Crippen LogP) is -0.192. The molecular formula is C15H21N5O3. The van der Waals surface area contributed by atoms with Gasteiger partial charge in [0.15, 0.2) is 0 Å². The fraction of sp³-hybridized carbons (Fsp3) is 0.600. The van der Waals surface area contributed by atoms with Crippen molar-refractivity contribution in [1.82, 2.24) is 25.1 Å². The molecule has 0 saturated carbocycles. The van der Waals surface area contributed by atoms with Crippen molar-refractivity contribution in [1.29, 1.82) is 0 Å². The molecule has 0 radical (unpaired) electrons. The molecule has 2 N–H and O–H groups in total. The maximum absolute atomic E-state index is 12.5. The zero-order valence-electron chi connectivity index (χ0n) is 13.3. The molecular weight excluding hydrogens is 298 g/mol. The summed E-state index contributed by atoms with van der Waals surface area (Å²) in [5.41, 5.74) is 0.662. The monoisotopic (exact) mass is 319 g/mol. The number of hydrogen-bond acceptors (Lipinski definition) is 4. The summed E-state index contributed by atoms with van der Waals surface area (Å²) in [5, 5.41) is 2.70. The fourth-order valence-electron chi connectivity index (χ4n) is 3.23. The average Bonchev–Trinajstić information content (AvgIpc) is 2.85. The lowest BCUT2D eigenvalue weighted by atomic mass is 9.93. The number of aromatic amines is 1. The van der Waals surface area contributed by atoms with Gasteiger partial charge in [0.05, 0.1) is 12.2 Å². The van der Waals surface area contributed by atoms with Gasteiger partial charge in [-0.05, 0) is 19.8 Å². The highest BCUT2D eigenvalue weighted by atomic mass is 16.2. The van der Waals surface area contributed by atoms with E-state index in [1.54, 1.807) is 24.9 Å². The Hall–Kier alpha value is -2.38. The number of hydrogen-bond donors (Lipinski definition) is 2. The Morgan fingerprint density at radius 2 is 2.00 bits per heavy atom. The van der Waals surface area contributed by atoms with Crippen molar-refractivity contribution in [2.45, 2.75) is 31.7 Å². The van der Waals surface area contributed by atoms with Gasteiger partial charge in [-0.3, -0.25) is 9.59 Å². The largest absolute Gasteiger partial charge is 0.341 e. The van der Waals surface area contributed by atoms with E-state index in [0.717, 1.165) is 18.5 Å². The van der Waals surface area contributed by atoms with E-state index in [-0.39, 0.29) is 23.4 Å². The molecule has 3 rings (SSSR count). The first kappa shape index (κ1) is 15.5. The maximum Gasteiger partial charge on any atom is 0.317 e. The van der Waals surface area contributed by atoms with E-state index in [0.29, 0.717) is 25.5 Å². The van der Waals surface area contributed by atoms with Crippen molar-refractivity contribution in [3.63, 3.8) is 0 Å². The molecule has 8 nitrogen and oxygen atoms in total. The molecule has 2 aliphatic heterocycles. The number of rotatable bonds is 2. The molecule has 0 aromatic carbocycles. The van der Waals surface area contributed by atoms with E-state index in [1.807, 2.05) is 0 Å². The number of urea groups is 1. The van der Waals surface area contributed by atoms with Crippen LogP contribution in [0.3, 0.4) is 0 Å². The van der Waals surface area contributed by atoms with Crippen molar-refractivity contribution in [2.75, 3.05) is 26.7 Å². The minimum absolute atomic E-state index is 0.0313. The first-order valence-corrected chi connectivity index (χ1v) is 7.82. The van der Waals surface area contributed by atoms with Gasteiger partial charge in [-0.25, -0.2) is 9.78 Å². The fourth-order valence-corrected chi connectivity index (χ4v) is 3.23. The number of aryl methyl sites for hydroxylation is 1. The molecule has 1 unspecified atom stereocenters. The van der Waals surface area contributed by atoms with Crippen LogP contribution in [0.5, 0.6) is 0 Å². The number of likely N-dealkylation sites (N-methyl/N-ethyl adjacent to an activating group) is 1. The third kappa shape index (κ3) is 3.20. The van der Waals surface area contributed by atoms with E-state index in [4.69, 9.17) is 0 Å². The van der Waals surface area contributed by atoms with Crippen LogP contribution in [0, 0.1) is 6.92 Å². The maximum atomic E-state index is 12.5. The smallest absolute Gasteiger partial charge is 0.317 e. The molecule has 2 fully saturated rings. The number of amides is 3. The summed E-state index contributed by atoms with van der Waals surface area (Å²) in [6.07, 6.45) is 1.55. The molecule has 8 heteroatoms. The second-order valence-electron chi connectivity index (χ2n) is 6.24. The molecule has 1 aromatic heterocycles. The summed E-state index contributed by atoms with van der Waals surface area (Å²) >= 11 is 0. The Kier molecular flexibility index (Phi) is 4.06. The van der Waals surface area contributed by atoms with Crippen LogP contribution in [0.15, 0.2) is 10.9 Å². The minimum atomic E-state index is -0.455. The van der Waals surface area contributed by atoms with Crippen molar-refractivity contribution in [3.8, 4) is 0 Å². The lowest BCUT2D eigenvalue weighted by Crippen LogP contribution is -2.48. The van der Waals surface area contributed by atoms with Gasteiger partial charge < -0.3 is 20.1 Å². The topological polar surface area (TPSA) is 98.4 Å². The van der Waals surface area contributed by atoms with Crippen molar-refractivity contribution in [3.05, 3.63) is 27.9 Å². The molecule has 3 amide bonds. The highest BCUT2D eigenvalue weighted by Crippen LogP contribution is 2.26. The molecule has 124 valence electrons. The molecule has 0 spiro atoms. The van der Waals surface area contributed by atoms with Crippen LogP contribution in [-0.4, -0.2) is 64.4 Å². The Morgan fingerprint density at radius 3 is 2.57 bits per heavy atom. The summed E-state index contributed by atoms with van der Waals surface area (Å²) in [5.74, 6) is 0.778. The number of likely N-dealkylation sites (tertiary alicyclic amines) is 1. The number of nitrogens with one attached hydrogen (secondary N) is 2. The van der Waals surface area contributed by atoms with Gasteiger partial charge in [-0.2, -0.15) is 0 Å². The van der Waals surface area contributed by atoms with E-state index >= 15 is 0 Å². The Balaban J connectivity index is 1.61. The standard InChI is InChI=1S/C15H21N5O3/c1-9-16-11(7-13(21)17-9)10-3-5-20(6-4-10)14(22)12-8-19(2)15(23)18-12/h7,10,12H,3-6,8H2,1-2H3,(H,18,23)(H,16,17,21). The summed E-state index contributed by atoms with van der Waals surface area (Å²) in [4.78, 5) is 45.8. The summed E-state index contributed by atoms with van der Waals surface area (Å²) in [6, 6.07) is 0.881. The first-order chi connectivity index (χ1) is 10.9. The van der Waals surface area contributed by atoms with Crippen LogP contribution in [0.1, 0.15) is 30.3 Å². The highest BCUT2D eigenvalue weighted by molar-refractivity contribution is 5.90. The van der Waals surface area contributed by atoms with Gasteiger partial charge in [-0.15, -0.1) is 0 Å². The Bertz CT molecular complexity index is 678. The second-order valence-corrected chi connectivity index (χ2v) is 6.24. The van der Waals surface area contributed by atoms with Gasteiger partial charge in [0.1, 0.15) is 11.9 Å². The molecule has 0 bridgehead atoms. The Morgan fingerprint density at radius 1 is 1.30 bits per heavy atom. The molecule has 23 heavy (non-hydrogen) atoms. The third-order valence-corrected chi connectivity index (χ3v) is 4.50. The van der Waals surface area contributed by atoms with Crippen LogP contribution in [0.2, 0.25) is 0 Å². The SMILES string of the molecule is Cc1nc(C2CCN(C(=O)C3CN(C)C(=O)N3)CC2)cc(=O)[nH]1. The van der Waals surface area contributed by atoms with Crippen molar-refractivity contribution < 1.29 is 9.59 Å². The first-order valence-electron chi connectivity index (χ1n) is 7.82. The molecule has 3 heterocycles. The van der Waals surface area contributed by atoms with Gasteiger partial charge in [0.2, 0.25) is 5.91 Å². The van der Waals surface area contributed by atoms with Crippen LogP contribution in [-0.2, 0) is 4.79 Å². The summed E-state index contributed by atoms with van der Waals surface area (Å²) in [7, 11) is 1.68. The average molecular weight is 319 g/mol. The summed E-state index contributed by atoms with van der Waals surface area (Å²) < 4.78 is 0. The van der Waals surface area contributed by atoms with Crippen LogP contribution in [0.25, 0.3) is 0 Å². The number of carbonyl (C=O) groups is 2. The third-order valence-electron chi connectivity index (χ3n) is 4.50. The number of carbonyl (C=O) groups excluding carboxylic acids is 2. The number of H-pyrrole nitrogens is 1. The Labute approximate surface area is 133 Å². The van der Waals surface area contributed by atoms with E-state index in [2.05, 4.69) is 15.3 Å². The lowest BCUT2D eigenvalue weighted by molar-refractivity contribution is -0.133. The summed E-state index contributed by atoms with van der Waals surface area (Å²) in [6.45, 7) is 3.41. The van der Waals surface area contributed by atoms with Crippen LogP contribution in [0.4, 0.5) is 4.79 Å². The van der Waals surface area contributed by atoms with E-state index in [9.17, 15) is 14.4 Å². The molecule has 0 aliphatic carbocycles. The number of piperidine rings is 1. The lowest BCUT2D eigenvalue weighted by Gasteiger charge is -2.33. The van der Waals surface area contributed by atoms with E-state index in [1.165, 1.54) is 4.90 Å². The normalized spacial score (nSPS) is 22.3. The molecule has 2 saturated heterocycles. The van der Waals surface area contributed by atoms with E-state index < -0.39 is 6.04 Å².